The quantitative estimate of drug-likeness (QED) is 0.269. The first kappa shape index (κ1) is 29.3. The minimum absolute atomic E-state index is 0.858. The van der Waals surface area contributed by atoms with Gasteiger partial charge in [-0.1, -0.05) is 13.3 Å². The molecular formula is C17H44N2O6Si2. The van der Waals surface area contributed by atoms with Crippen LogP contribution < -0.4 is 10.6 Å². The van der Waals surface area contributed by atoms with Crippen LogP contribution in [0.15, 0.2) is 0 Å². The summed E-state index contributed by atoms with van der Waals surface area (Å²) < 4.78 is 31.7. The third kappa shape index (κ3) is 13.8. The Kier molecular flexibility index (Phi) is 21.1. The summed E-state index contributed by atoms with van der Waals surface area (Å²) in [6.07, 6.45) is 4.52. The van der Waals surface area contributed by atoms with Gasteiger partial charge in [0.15, 0.2) is 0 Å². The van der Waals surface area contributed by atoms with Crippen LogP contribution in [0.4, 0.5) is 0 Å². The van der Waals surface area contributed by atoms with Crippen molar-refractivity contribution in [3.05, 3.63) is 0 Å². The summed E-state index contributed by atoms with van der Waals surface area (Å²) in [5.74, 6) is 0. The Morgan fingerprint density at radius 3 is 1.30 bits per heavy atom. The molecule has 0 saturated heterocycles. The van der Waals surface area contributed by atoms with E-state index in [-0.39, 0.29) is 0 Å². The van der Waals surface area contributed by atoms with Crippen LogP contribution in [0.5, 0.6) is 0 Å². The molecule has 0 aliphatic rings. The molecule has 0 fully saturated rings. The third-order valence-electron chi connectivity index (χ3n) is 4.32. The van der Waals surface area contributed by atoms with Crippen molar-refractivity contribution in [2.24, 2.45) is 0 Å². The fraction of sp³-hybridized carbons (Fsp3) is 1.00. The van der Waals surface area contributed by atoms with Gasteiger partial charge in [-0.25, -0.2) is 0 Å². The molecule has 8 nitrogen and oxygen atoms in total. The summed E-state index contributed by atoms with van der Waals surface area (Å²) in [5.41, 5.74) is 0. The fourth-order valence-corrected chi connectivity index (χ4v) is 5.90. The van der Waals surface area contributed by atoms with E-state index in [9.17, 15) is 0 Å². The lowest BCUT2D eigenvalue weighted by Crippen LogP contribution is -2.43. The average Bonchev–Trinajstić information content (AvgIpc) is 2.72. The highest BCUT2D eigenvalue weighted by Crippen LogP contribution is 2.14. The van der Waals surface area contributed by atoms with Gasteiger partial charge in [0.25, 0.3) is 0 Å². The second kappa shape index (κ2) is 19.4. The molecule has 0 rings (SSSR count). The molecular weight excluding hydrogens is 384 g/mol. The van der Waals surface area contributed by atoms with Gasteiger partial charge in [-0.05, 0) is 45.9 Å². The van der Waals surface area contributed by atoms with Crippen molar-refractivity contribution in [3.63, 3.8) is 0 Å². The van der Waals surface area contributed by atoms with Crippen molar-refractivity contribution >= 4 is 17.6 Å². The van der Waals surface area contributed by atoms with Crippen molar-refractivity contribution in [3.8, 4) is 0 Å². The molecule has 0 radical (unpaired) electrons. The Hall–Kier alpha value is 0.114. The molecule has 166 valence electrons. The van der Waals surface area contributed by atoms with Crippen molar-refractivity contribution in [2.45, 2.75) is 44.7 Å². The van der Waals surface area contributed by atoms with Crippen LogP contribution in [0.3, 0.4) is 0 Å². The number of nitrogens with one attached hydrogen (secondary N) is 2. The van der Waals surface area contributed by atoms with Gasteiger partial charge >= 0.3 is 17.6 Å². The highest BCUT2D eigenvalue weighted by atomic mass is 28.4. The summed E-state index contributed by atoms with van der Waals surface area (Å²) in [5, 5.41) is 6.45. The fourth-order valence-electron chi connectivity index (χ4n) is 2.45. The van der Waals surface area contributed by atoms with Gasteiger partial charge in [-0.15, -0.1) is 0 Å². The predicted octanol–water partition coefficient (Wildman–Crippen LogP) is 2.12. The lowest BCUT2D eigenvalue weighted by atomic mass is 10.3. The monoisotopic (exact) mass is 428 g/mol. The molecule has 10 heteroatoms. The van der Waals surface area contributed by atoms with Crippen LogP contribution in [0.2, 0.25) is 12.1 Å². The van der Waals surface area contributed by atoms with Crippen LogP contribution in [-0.2, 0) is 26.6 Å². The minimum atomic E-state index is -2.33. The molecule has 0 aromatic heterocycles. The SMILES string of the molecule is CCCCNCCC[Si](OC)(OC)OC.CNCCC[Si](OC)(OC)OC. The van der Waals surface area contributed by atoms with E-state index in [1.807, 2.05) is 7.05 Å². The predicted molar refractivity (Wildman–Crippen MR) is 114 cm³/mol. The molecule has 0 aliphatic heterocycles. The molecule has 0 aromatic carbocycles. The first-order chi connectivity index (χ1) is 13.0. The van der Waals surface area contributed by atoms with E-state index in [0.29, 0.717) is 0 Å². The van der Waals surface area contributed by atoms with Crippen LogP contribution in [0.25, 0.3) is 0 Å². The van der Waals surface area contributed by atoms with Crippen LogP contribution in [-0.4, -0.2) is 86.9 Å². The highest BCUT2D eigenvalue weighted by molar-refractivity contribution is 6.60. The van der Waals surface area contributed by atoms with E-state index in [2.05, 4.69) is 17.6 Å². The van der Waals surface area contributed by atoms with E-state index < -0.39 is 17.6 Å². The Morgan fingerprint density at radius 1 is 0.593 bits per heavy atom. The molecule has 2 N–H and O–H groups in total. The normalized spacial score (nSPS) is 12.0. The third-order valence-corrected chi connectivity index (χ3v) is 9.98. The van der Waals surface area contributed by atoms with Gasteiger partial charge in [0.2, 0.25) is 0 Å². The van der Waals surface area contributed by atoms with Crippen LogP contribution in [0, 0.1) is 0 Å². The minimum Gasteiger partial charge on any atom is -0.377 e. The molecule has 0 spiro atoms. The topological polar surface area (TPSA) is 79.4 Å². The first-order valence-electron chi connectivity index (χ1n) is 9.65. The van der Waals surface area contributed by atoms with Gasteiger partial charge in [-0.2, -0.15) is 0 Å². The second-order valence-electron chi connectivity index (χ2n) is 6.00. The molecule has 0 aromatic rings. The molecule has 0 unspecified atom stereocenters. The number of hydrogen-bond donors (Lipinski definition) is 2. The zero-order valence-corrected chi connectivity index (χ0v) is 20.8. The lowest BCUT2D eigenvalue weighted by Gasteiger charge is -2.24. The maximum absolute atomic E-state index is 5.33. The molecule has 0 saturated carbocycles. The molecule has 0 amide bonds. The van der Waals surface area contributed by atoms with Gasteiger partial charge in [-0.3, -0.25) is 0 Å². The van der Waals surface area contributed by atoms with Crippen molar-refractivity contribution in [2.75, 3.05) is 69.3 Å². The maximum Gasteiger partial charge on any atom is 0.500 e. The largest absolute Gasteiger partial charge is 0.500 e. The number of rotatable bonds is 17. The van der Waals surface area contributed by atoms with E-state index >= 15 is 0 Å². The van der Waals surface area contributed by atoms with Crippen LogP contribution >= 0.6 is 0 Å². The first-order valence-corrected chi connectivity index (χ1v) is 13.5. The van der Waals surface area contributed by atoms with Gasteiger partial charge in [0, 0.05) is 54.7 Å². The van der Waals surface area contributed by atoms with Gasteiger partial charge < -0.3 is 37.2 Å². The van der Waals surface area contributed by atoms with E-state index in [0.717, 1.165) is 44.6 Å². The standard InChI is InChI=1S/C10H25NO3Si.C7H19NO3Si/c1-5-6-8-11-9-7-10-15(12-2,13-3)14-4;1-8-6-5-7-12(9-2,10-3)11-4/h11H,5-10H2,1-4H3;8H,5-7H2,1-4H3. The second-order valence-corrected chi connectivity index (χ2v) is 12.2. The summed E-state index contributed by atoms with van der Waals surface area (Å²) in [7, 11) is 7.19. The van der Waals surface area contributed by atoms with Crippen molar-refractivity contribution in [1.29, 1.82) is 0 Å². The zero-order chi connectivity index (χ0) is 21.0. The number of unbranched alkanes of at least 4 members (excludes halogenated alkanes) is 1. The lowest BCUT2D eigenvalue weighted by molar-refractivity contribution is 0.122. The van der Waals surface area contributed by atoms with E-state index in [1.165, 1.54) is 12.8 Å². The molecule has 27 heavy (non-hydrogen) atoms. The average molecular weight is 429 g/mol. The highest BCUT2D eigenvalue weighted by Gasteiger charge is 2.37. The summed E-state index contributed by atoms with van der Waals surface area (Å²) >= 11 is 0. The van der Waals surface area contributed by atoms with E-state index in [1.54, 1.807) is 42.7 Å². The van der Waals surface area contributed by atoms with Crippen molar-refractivity contribution in [1.82, 2.24) is 10.6 Å². The van der Waals surface area contributed by atoms with Crippen LogP contribution in [0.1, 0.15) is 32.6 Å². The smallest absolute Gasteiger partial charge is 0.377 e. The zero-order valence-electron chi connectivity index (χ0n) is 18.8. The summed E-state index contributed by atoms with van der Waals surface area (Å²) in [6, 6.07) is 1.73. The Balaban J connectivity index is 0. The maximum atomic E-state index is 5.33. The Bertz CT molecular complexity index is 293. The van der Waals surface area contributed by atoms with Gasteiger partial charge in [0.1, 0.15) is 0 Å². The summed E-state index contributed by atoms with van der Waals surface area (Å²) in [6.45, 7) is 5.26. The molecule has 0 aliphatic carbocycles. The molecule has 0 atom stereocenters. The molecule has 0 heterocycles. The van der Waals surface area contributed by atoms with E-state index in [4.69, 9.17) is 26.6 Å². The van der Waals surface area contributed by atoms with Gasteiger partial charge in [0.05, 0.1) is 0 Å². The van der Waals surface area contributed by atoms with Crippen molar-refractivity contribution < 1.29 is 26.6 Å². The molecule has 0 bridgehead atoms. The Labute approximate surface area is 169 Å². The summed E-state index contributed by atoms with van der Waals surface area (Å²) in [4.78, 5) is 0. The number of hydrogen-bond acceptors (Lipinski definition) is 8. The Morgan fingerprint density at radius 2 is 0.963 bits per heavy atom.